The zero-order valence-electron chi connectivity index (χ0n) is 11.2. The molecular formula is C12H17ClO5S2. The largest absolute Gasteiger partial charge is 0.493 e. The second-order valence-corrected chi connectivity index (χ2v) is 9.37. The van der Waals surface area contributed by atoms with Crippen molar-refractivity contribution in [3.8, 4) is 5.75 Å². The van der Waals surface area contributed by atoms with Crippen LogP contribution in [0.5, 0.6) is 5.75 Å². The molecule has 0 aromatic heterocycles. The third-order valence-electron chi connectivity index (χ3n) is 2.75. The summed E-state index contributed by atoms with van der Waals surface area (Å²) in [5.74, 6) is 0.141. The van der Waals surface area contributed by atoms with Gasteiger partial charge in [-0.2, -0.15) is 0 Å². The Labute approximate surface area is 124 Å². The molecule has 0 saturated carbocycles. The summed E-state index contributed by atoms with van der Waals surface area (Å²) in [6, 6.07) is 5.98. The predicted octanol–water partition coefficient (Wildman–Crippen LogP) is 2.06. The highest BCUT2D eigenvalue weighted by atomic mass is 35.7. The van der Waals surface area contributed by atoms with Crippen LogP contribution < -0.4 is 4.74 Å². The van der Waals surface area contributed by atoms with E-state index >= 15 is 0 Å². The Balaban J connectivity index is 2.65. The summed E-state index contributed by atoms with van der Waals surface area (Å²) >= 11 is 0. The highest BCUT2D eigenvalue weighted by Gasteiger charge is 2.16. The number of hydrogen-bond donors (Lipinski definition) is 0. The van der Waals surface area contributed by atoms with Gasteiger partial charge in [0.2, 0.25) is 9.05 Å². The molecule has 0 heterocycles. The molecule has 0 amide bonds. The van der Waals surface area contributed by atoms with Gasteiger partial charge in [-0.05, 0) is 30.7 Å². The van der Waals surface area contributed by atoms with E-state index in [2.05, 4.69) is 0 Å². The number of rotatable bonds is 7. The number of ether oxygens (including phenoxy) is 1. The molecule has 1 unspecified atom stereocenters. The second kappa shape index (κ2) is 6.78. The molecule has 1 atom stereocenters. The minimum absolute atomic E-state index is 0.146. The molecule has 1 rings (SSSR count). The number of hydrogen-bond acceptors (Lipinski definition) is 5. The van der Waals surface area contributed by atoms with E-state index in [9.17, 15) is 16.8 Å². The maximum Gasteiger partial charge on any atom is 0.232 e. The van der Waals surface area contributed by atoms with Gasteiger partial charge in [-0.1, -0.05) is 6.92 Å². The average Bonchev–Trinajstić information content (AvgIpc) is 2.32. The van der Waals surface area contributed by atoms with Gasteiger partial charge < -0.3 is 4.74 Å². The number of sulfone groups is 1. The lowest BCUT2D eigenvalue weighted by atomic mass is 10.1. The predicted molar refractivity (Wildman–Crippen MR) is 78.5 cm³/mol. The van der Waals surface area contributed by atoms with Gasteiger partial charge in [0.25, 0.3) is 0 Å². The molecule has 20 heavy (non-hydrogen) atoms. The molecule has 1 aromatic carbocycles. The molecule has 0 aliphatic heterocycles. The molecule has 0 saturated heterocycles. The first-order valence-corrected chi connectivity index (χ1v) is 10.3. The van der Waals surface area contributed by atoms with Crippen molar-refractivity contribution in [3.63, 3.8) is 0 Å². The van der Waals surface area contributed by atoms with Crippen LogP contribution in [0, 0.1) is 5.92 Å². The minimum Gasteiger partial charge on any atom is -0.493 e. The molecule has 1 aromatic rings. The monoisotopic (exact) mass is 340 g/mol. The van der Waals surface area contributed by atoms with E-state index in [-0.39, 0.29) is 23.2 Å². The van der Waals surface area contributed by atoms with E-state index in [0.717, 1.165) is 6.26 Å². The van der Waals surface area contributed by atoms with Gasteiger partial charge in [-0.25, -0.2) is 16.8 Å². The summed E-state index contributed by atoms with van der Waals surface area (Å²) in [6.07, 6.45) is 1.74. The van der Waals surface area contributed by atoms with Crippen LogP contribution in [0.2, 0.25) is 0 Å². The van der Waals surface area contributed by atoms with Gasteiger partial charge in [0.05, 0.1) is 17.3 Å². The molecule has 0 N–H and O–H groups in total. The number of halogens is 1. The normalized spacial score (nSPS) is 13.9. The summed E-state index contributed by atoms with van der Waals surface area (Å²) in [5, 5.41) is 0. The highest BCUT2D eigenvalue weighted by Crippen LogP contribution is 2.18. The Bertz CT molecular complexity index is 635. The Morgan fingerprint density at radius 1 is 1.15 bits per heavy atom. The quantitative estimate of drug-likeness (QED) is 0.710. The van der Waals surface area contributed by atoms with E-state index in [4.69, 9.17) is 15.4 Å². The van der Waals surface area contributed by atoms with Crippen LogP contribution in [0.25, 0.3) is 0 Å². The molecule has 0 aliphatic carbocycles. The third kappa shape index (κ3) is 6.11. The van der Waals surface area contributed by atoms with E-state index in [1.807, 2.05) is 6.92 Å². The molecule has 0 radical (unpaired) electrons. The fourth-order valence-electron chi connectivity index (χ4n) is 1.56. The lowest BCUT2D eigenvalue weighted by Gasteiger charge is -2.14. The Morgan fingerprint density at radius 3 is 2.10 bits per heavy atom. The van der Waals surface area contributed by atoms with Gasteiger partial charge in [0.1, 0.15) is 5.75 Å². The molecule has 8 heteroatoms. The Kier molecular flexibility index (Phi) is 5.85. The highest BCUT2D eigenvalue weighted by molar-refractivity contribution is 8.13. The lowest BCUT2D eigenvalue weighted by Crippen LogP contribution is -2.19. The van der Waals surface area contributed by atoms with Crippen LogP contribution in [-0.2, 0) is 18.9 Å². The van der Waals surface area contributed by atoms with E-state index in [1.165, 1.54) is 24.3 Å². The zero-order chi connectivity index (χ0) is 15.4. The van der Waals surface area contributed by atoms with E-state index in [1.54, 1.807) is 0 Å². The second-order valence-electron chi connectivity index (χ2n) is 4.53. The Hall–Kier alpha value is -0.790. The van der Waals surface area contributed by atoms with Gasteiger partial charge in [0, 0.05) is 22.9 Å². The van der Waals surface area contributed by atoms with Gasteiger partial charge in [0.15, 0.2) is 9.84 Å². The van der Waals surface area contributed by atoms with Crippen LogP contribution in [-0.4, -0.2) is 35.5 Å². The summed E-state index contributed by atoms with van der Waals surface area (Å²) in [6.45, 7) is 2.06. The van der Waals surface area contributed by atoms with Crippen molar-refractivity contribution in [2.24, 2.45) is 5.92 Å². The average molecular weight is 341 g/mol. The van der Waals surface area contributed by atoms with Crippen molar-refractivity contribution < 1.29 is 21.6 Å². The topological polar surface area (TPSA) is 77.5 Å². The van der Waals surface area contributed by atoms with Gasteiger partial charge in [-0.3, -0.25) is 0 Å². The first kappa shape index (κ1) is 17.3. The summed E-state index contributed by atoms with van der Waals surface area (Å²) in [4.78, 5) is 0.209. The summed E-state index contributed by atoms with van der Waals surface area (Å²) < 4.78 is 50.1. The Morgan fingerprint density at radius 2 is 1.70 bits per heavy atom. The van der Waals surface area contributed by atoms with E-state index in [0.29, 0.717) is 12.2 Å². The van der Waals surface area contributed by atoms with Crippen molar-refractivity contribution in [3.05, 3.63) is 24.3 Å². The molecule has 0 aliphatic rings. The number of benzene rings is 1. The molecular weight excluding hydrogens is 324 g/mol. The van der Waals surface area contributed by atoms with E-state index < -0.39 is 18.9 Å². The lowest BCUT2D eigenvalue weighted by molar-refractivity contribution is 0.258. The smallest absolute Gasteiger partial charge is 0.232 e. The molecule has 5 nitrogen and oxygen atoms in total. The first-order chi connectivity index (χ1) is 9.12. The van der Waals surface area contributed by atoms with Crippen LogP contribution in [0.3, 0.4) is 0 Å². The standard InChI is InChI=1S/C12H17ClO5S2/c1-3-10(9-20(13,16)17)8-18-11-4-6-12(7-5-11)19(2,14)15/h4-7,10H,3,8-9H2,1-2H3. The van der Waals surface area contributed by atoms with Crippen molar-refractivity contribution in [1.29, 1.82) is 0 Å². The maximum absolute atomic E-state index is 11.3. The summed E-state index contributed by atoms with van der Waals surface area (Å²) in [7, 11) is -1.58. The fourth-order valence-corrected chi connectivity index (χ4v) is 3.62. The van der Waals surface area contributed by atoms with Crippen LogP contribution in [0.4, 0.5) is 0 Å². The maximum atomic E-state index is 11.3. The van der Waals surface area contributed by atoms with Crippen LogP contribution >= 0.6 is 10.7 Å². The third-order valence-corrected chi connectivity index (χ3v) is 5.13. The summed E-state index contributed by atoms with van der Waals surface area (Å²) in [5.41, 5.74) is 0. The van der Waals surface area contributed by atoms with Crippen molar-refractivity contribution in [2.75, 3.05) is 18.6 Å². The van der Waals surface area contributed by atoms with Gasteiger partial charge >= 0.3 is 0 Å². The molecule has 0 bridgehead atoms. The molecule has 0 fully saturated rings. The van der Waals surface area contributed by atoms with Crippen LogP contribution in [0.1, 0.15) is 13.3 Å². The van der Waals surface area contributed by atoms with Crippen molar-refractivity contribution >= 4 is 29.6 Å². The van der Waals surface area contributed by atoms with Crippen molar-refractivity contribution in [1.82, 2.24) is 0 Å². The zero-order valence-corrected chi connectivity index (χ0v) is 13.6. The minimum atomic E-state index is -3.55. The molecule has 114 valence electrons. The molecule has 0 spiro atoms. The first-order valence-electron chi connectivity index (χ1n) is 5.97. The van der Waals surface area contributed by atoms with Gasteiger partial charge in [-0.15, -0.1) is 0 Å². The fraction of sp³-hybridized carbons (Fsp3) is 0.500. The van der Waals surface area contributed by atoms with Crippen molar-refractivity contribution in [2.45, 2.75) is 18.2 Å². The SMILES string of the molecule is CCC(COc1ccc(S(C)(=O)=O)cc1)CS(=O)(=O)Cl. The van der Waals surface area contributed by atoms with Crippen LogP contribution in [0.15, 0.2) is 29.2 Å².